The van der Waals surface area contributed by atoms with Gasteiger partial charge in [0.05, 0.1) is 6.61 Å². The van der Waals surface area contributed by atoms with E-state index >= 15 is 0 Å². The zero-order valence-electron chi connectivity index (χ0n) is 11.2. The second-order valence-corrected chi connectivity index (χ2v) is 4.63. The van der Waals surface area contributed by atoms with E-state index in [4.69, 9.17) is 10.5 Å². The summed E-state index contributed by atoms with van der Waals surface area (Å²) < 4.78 is 30.7. The third-order valence-electron chi connectivity index (χ3n) is 2.85. The number of hydrogen-bond acceptors (Lipinski definition) is 3. The highest BCUT2D eigenvalue weighted by molar-refractivity contribution is 5.69. The molecular weight excluding hydrogens is 252 g/mol. The number of benzene rings is 1. The maximum atomic E-state index is 13.1. The highest BCUT2D eigenvalue weighted by Crippen LogP contribution is 2.22. The minimum Gasteiger partial charge on any atom is -0.466 e. The first-order valence-electron chi connectivity index (χ1n) is 6.30. The summed E-state index contributed by atoms with van der Waals surface area (Å²) in [5.74, 6) is -2.06. The molecule has 0 amide bonds. The molecule has 0 saturated carbocycles. The normalized spacial score (nSPS) is 13.9. The summed E-state index contributed by atoms with van der Waals surface area (Å²) >= 11 is 0. The Bertz CT molecular complexity index is 437. The van der Waals surface area contributed by atoms with Gasteiger partial charge in [-0.2, -0.15) is 0 Å². The molecule has 1 rings (SSSR count). The lowest BCUT2D eigenvalue weighted by Crippen LogP contribution is -2.17. The van der Waals surface area contributed by atoms with Gasteiger partial charge in [0.2, 0.25) is 0 Å². The summed E-state index contributed by atoms with van der Waals surface area (Å²) in [4.78, 5) is 11.3. The van der Waals surface area contributed by atoms with Crippen LogP contribution in [0, 0.1) is 17.6 Å². The molecule has 2 unspecified atom stereocenters. The van der Waals surface area contributed by atoms with Gasteiger partial charge in [-0.05, 0) is 37.0 Å². The first kappa shape index (κ1) is 15.6. The van der Waals surface area contributed by atoms with Crippen molar-refractivity contribution in [2.45, 2.75) is 32.7 Å². The van der Waals surface area contributed by atoms with Gasteiger partial charge < -0.3 is 10.5 Å². The van der Waals surface area contributed by atoms with Crippen LogP contribution in [0.15, 0.2) is 18.2 Å². The Labute approximate surface area is 111 Å². The van der Waals surface area contributed by atoms with E-state index in [1.165, 1.54) is 6.07 Å². The van der Waals surface area contributed by atoms with Crippen molar-refractivity contribution in [1.82, 2.24) is 0 Å². The molecule has 106 valence electrons. The third-order valence-corrected chi connectivity index (χ3v) is 2.85. The van der Waals surface area contributed by atoms with Gasteiger partial charge in [0.25, 0.3) is 0 Å². The maximum Gasteiger partial charge on any atom is 0.306 e. The fourth-order valence-electron chi connectivity index (χ4n) is 1.90. The van der Waals surface area contributed by atoms with Crippen LogP contribution in [0.1, 0.15) is 38.3 Å². The van der Waals surface area contributed by atoms with Crippen LogP contribution < -0.4 is 5.73 Å². The summed E-state index contributed by atoms with van der Waals surface area (Å²) in [6.45, 7) is 3.97. The van der Waals surface area contributed by atoms with Gasteiger partial charge in [0.1, 0.15) is 0 Å². The molecule has 0 aliphatic carbocycles. The Morgan fingerprint density at radius 2 is 2.05 bits per heavy atom. The second kappa shape index (κ2) is 7.19. The summed E-state index contributed by atoms with van der Waals surface area (Å²) in [6.07, 6.45) is 0.773. The van der Waals surface area contributed by atoms with E-state index in [1.807, 2.05) is 6.92 Å². The zero-order chi connectivity index (χ0) is 14.4. The van der Waals surface area contributed by atoms with E-state index in [9.17, 15) is 13.6 Å². The van der Waals surface area contributed by atoms with Gasteiger partial charge in [-0.3, -0.25) is 4.79 Å². The van der Waals surface area contributed by atoms with Crippen molar-refractivity contribution in [3.8, 4) is 0 Å². The van der Waals surface area contributed by atoms with Gasteiger partial charge in [0.15, 0.2) is 11.6 Å². The number of esters is 1. The lowest BCUT2D eigenvalue weighted by molar-refractivity contribution is -0.144. The highest BCUT2D eigenvalue weighted by Gasteiger charge is 2.16. The topological polar surface area (TPSA) is 52.3 Å². The molecule has 1 aromatic carbocycles. The van der Waals surface area contributed by atoms with Gasteiger partial charge in [-0.1, -0.05) is 13.0 Å². The van der Waals surface area contributed by atoms with Crippen LogP contribution >= 0.6 is 0 Å². The quantitative estimate of drug-likeness (QED) is 0.809. The lowest BCUT2D eigenvalue weighted by atomic mass is 9.94. The van der Waals surface area contributed by atoms with Crippen LogP contribution in [0.3, 0.4) is 0 Å². The van der Waals surface area contributed by atoms with Crippen LogP contribution in [0.25, 0.3) is 0 Å². The molecule has 1 aromatic rings. The fourth-order valence-corrected chi connectivity index (χ4v) is 1.90. The van der Waals surface area contributed by atoms with Crippen LogP contribution in [-0.4, -0.2) is 12.6 Å². The van der Waals surface area contributed by atoms with Crippen LogP contribution in [-0.2, 0) is 9.53 Å². The monoisotopic (exact) mass is 271 g/mol. The molecule has 0 bridgehead atoms. The Kier molecular flexibility index (Phi) is 5.89. The smallest absolute Gasteiger partial charge is 0.306 e. The molecule has 3 nitrogen and oxygen atoms in total. The van der Waals surface area contributed by atoms with Crippen LogP contribution in [0.2, 0.25) is 0 Å². The first-order chi connectivity index (χ1) is 8.93. The molecule has 0 fully saturated rings. The predicted octanol–water partition coefficient (Wildman–Crippen LogP) is 2.94. The SMILES string of the molecule is CCOC(=O)CC(C)CC(N)c1ccc(F)c(F)c1. The fraction of sp³-hybridized carbons (Fsp3) is 0.500. The average molecular weight is 271 g/mol. The Balaban J connectivity index is 2.56. The number of carbonyl (C=O) groups is 1. The molecule has 2 atom stereocenters. The van der Waals surface area contributed by atoms with Crippen molar-refractivity contribution >= 4 is 5.97 Å². The third kappa shape index (κ3) is 4.95. The molecule has 0 aliphatic heterocycles. The standard InChI is InChI=1S/C14H19F2NO2/c1-3-19-14(18)7-9(2)6-13(17)10-4-5-11(15)12(16)8-10/h4-5,8-9,13H,3,6-7,17H2,1-2H3. The van der Waals surface area contributed by atoms with Crippen molar-refractivity contribution in [3.63, 3.8) is 0 Å². The molecule has 0 radical (unpaired) electrons. The molecule has 2 N–H and O–H groups in total. The number of nitrogens with two attached hydrogens (primary N) is 1. The van der Waals surface area contributed by atoms with Crippen molar-refractivity contribution in [2.24, 2.45) is 11.7 Å². The van der Waals surface area contributed by atoms with Crippen molar-refractivity contribution < 1.29 is 18.3 Å². The minimum absolute atomic E-state index is 0.0159. The van der Waals surface area contributed by atoms with Gasteiger partial charge in [-0.25, -0.2) is 8.78 Å². The van der Waals surface area contributed by atoms with E-state index in [0.717, 1.165) is 12.1 Å². The van der Waals surface area contributed by atoms with Crippen molar-refractivity contribution in [2.75, 3.05) is 6.61 Å². The van der Waals surface area contributed by atoms with E-state index < -0.39 is 17.7 Å². The van der Waals surface area contributed by atoms with Gasteiger partial charge >= 0.3 is 5.97 Å². The zero-order valence-corrected chi connectivity index (χ0v) is 11.2. The molecule has 0 heterocycles. The van der Waals surface area contributed by atoms with Gasteiger partial charge in [-0.15, -0.1) is 0 Å². The second-order valence-electron chi connectivity index (χ2n) is 4.63. The molecule has 0 spiro atoms. The molecule has 0 aromatic heterocycles. The highest BCUT2D eigenvalue weighted by atomic mass is 19.2. The van der Waals surface area contributed by atoms with E-state index in [2.05, 4.69) is 0 Å². The molecule has 0 aliphatic rings. The Hall–Kier alpha value is -1.49. The summed E-state index contributed by atoms with van der Waals surface area (Å²) in [7, 11) is 0. The summed E-state index contributed by atoms with van der Waals surface area (Å²) in [5, 5.41) is 0. The summed E-state index contributed by atoms with van der Waals surface area (Å²) in [6, 6.07) is 3.18. The number of rotatable bonds is 6. The maximum absolute atomic E-state index is 13.1. The number of carbonyl (C=O) groups excluding carboxylic acids is 1. The molecule has 5 heteroatoms. The Morgan fingerprint density at radius 1 is 1.37 bits per heavy atom. The number of ether oxygens (including phenoxy) is 1. The lowest BCUT2D eigenvalue weighted by Gasteiger charge is -2.17. The van der Waals surface area contributed by atoms with Crippen LogP contribution in [0.5, 0.6) is 0 Å². The van der Waals surface area contributed by atoms with Crippen molar-refractivity contribution in [3.05, 3.63) is 35.4 Å². The van der Waals surface area contributed by atoms with Crippen LogP contribution in [0.4, 0.5) is 8.78 Å². The Morgan fingerprint density at radius 3 is 2.63 bits per heavy atom. The average Bonchev–Trinajstić information content (AvgIpc) is 2.32. The summed E-state index contributed by atoms with van der Waals surface area (Å²) in [5.41, 5.74) is 6.45. The van der Waals surface area contributed by atoms with Crippen molar-refractivity contribution in [1.29, 1.82) is 0 Å². The van der Waals surface area contributed by atoms with Gasteiger partial charge in [0, 0.05) is 12.5 Å². The van der Waals surface area contributed by atoms with E-state index in [1.54, 1.807) is 6.92 Å². The minimum atomic E-state index is -0.911. The molecule has 0 saturated heterocycles. The predicted molar refractivity (Wildman–Crippen MR) is 68.3 cm³/mol. The largest absolute Gasteiger partial charge is 0.466 e. The van der Waals surface area contributed by atoms with E-state index in [-0.39, 0.29) is 18.3 Å². The number of hydrogen-bond donors (Lipinski definition) is 1. The number of halogens is 2. The van der Waals surface area contributed by atoms with E-state index in [0.29, 0.717) is 18.6 Å². The first-order valence-corrected chi connectivity index (χ1v) is 6.30. The molecular formula is C14H19F2NO2. The molecule has 19 heavy (non-hydrogen) atoms.